The Bertz CT molecular complexity index is 356. The molecule has 1 saturated heterocycles. The Balaban J connectivity index is 2.09. The predicted octanol–water partition coefficient (Wildman–Crippen LogP) is 0.502. The lowest BCUT2D eigenvalue weighted by Crippen LogP contribution is -2.53. The number of likely N-dealkylation sites (N-methyl/N-ethyl adjacent to an activating group) is 1. The van der Waals surface area contributed by atoms with Crippen molar-refractivity contribution < 1.29 is 0 Å². The third-order valence-electron chi connectivity index (χ3n) is 3.89. The summed E-state index contributed by atoms with van der Waals surface area (Å²) >= 11 is 0. The molecule has 0 bridgehead atoms. The van der Waals surface area contributed by atoms with Crippen molar-refractivity contribution in [3.8, 4) is 0 Å². The maximum Gasteiger partial charge on any atom is 0.115 e. The van der Waals surface area contributed by atoms with Gasteiger partial charge in [0, 0.05) is 38.4 Å². The lowest BCUT2D eigenvalue weighted by molar-refractivity contribution is 0.0631. The average Bonchev–Trinajstić information content (AvgIpc) is 2.42. The third-order valence-corrected chi connectivity index (χ3v) is 3.89. The van der Waals surface area contributed by atoms with Crippen molar-refractivity contribution in [2.24, 2.45) is 5.73 Å². The van der Waals surface area contributed by atoms with Gasteiger partial charge in [0.05, 0.1) is 11.7 Å². The predicted molar refractivity (Wildman–Crippen MR) is 72.1 cm³/mol. The van der Waals surface area contributed by atoms with Crippen molar-refractivity contribution in [2.75, 3.05) is 33.2 Å². The zero-order chi connectivity index (χ0) is 13.0. The molecule has 0 spiro atoms. The SMILES string of the molecule is CCC1CN(C(CN)c2ccncn2)CCN1C. The second kappa shape index (κ2) is 6.22. The number of rotatable bonds is 4. The van der Waals surface area contributed by atoms with E-state index in [2.05, 4.69) is 33.7 Å². The molecule has 2 unspecified atom stereocenters. The van der Waals surface area contributed by atoms with Crippen LogP contribution in [0.4, 0.5) is 0 Å². The van der Waals surface area contributed by atoms with Crippen LogP contribution in [0.2, 0.25) is 0 Å². The first-order valence-corrected chi connectivity index (χ1v) is 6.66. The minimum absolute atomic E-state index is 0.218. The molecule has 2 N–H and O–H groups in total. The summed E-state index contributed by atoms with van der Waals surface area (Å²) in [4.78, 5) is 13.2. The normalized spacial score (nSPS) is 24.1. The van der Waals surface area contributed by atoms with Crippen LogP contribution in [-0.4, -0.2) is 59.0 Å². The summed E-state index contributed by atoms with van der Waals surface area (Å²) in [6.07, 6.45) is 4.57. The van der Waals surface area contributed by atoms with E-state index < -0.39 is 0 Å². The summed E-state index contributed by atoms with van der Waals surface area (Å²) in [5, 5.41) is 0. The van der Waals surface area contributed by atoms with Crippen LogP contribution in [0.15, 0.2) is 18.6 Å². The molecular weight excluding hydrogens is 226 g/mol. The topological polar surface area (TPSA) is 58.3 Å². The first kappa shape index (κ1) is 13.4. The van der Waals surface area contributed by atoms with E-state index in [1.54, 1.807) is 12.5 Å². The van der Waals surface area contributed by atoms with Crippen LogP contribution >= 0.6 is 0 Å². The second-order valence-electron chi connectivity index (χ2n) is 4.92. The van der Waals surface area contributed by atoms with Gasteiger partial charge in [-0.15, -0.1) is 0 Å². The molecule has 1 aromatic heterocycles. The Labute approximate surface area is 109 Å². The second-order valence-corrected chi connectivity index (χ2v) is 4.92. The fourth-order valence-electron chi connectivity index (χ4n) is 2.65. The van der Waals surface area contributed by atoms with E-state index in [1.807, 2.05) is 6.07 Å². The van der Waals surface area contributed by atoms with Crippen LogP contribution < -0.4 is 5.73 Å². The van der Waals surface area contributed by atoms with Gasteiger partial charge in [0.15, 0.2) is 0 Å². The molecule has 0 saturated carbocycles. The number of hydrogen-bond donors (Lipinski definition) is 1. The minimum Gasteiger partial charge on any atom is -0.329 e. The van der Waals surface area contributed by atoms with Crippen molar-refractivity contribution in [3.63, 3.8) is 0 Å². The standard InChI is InChI=1S/C13H23N5/c1-3-11-9-18(7-6-17(11)2)13(8-14)12-4-5-15-10-16-12/h4-5,10-11,13H,3,6-9,14H2,1-2H3. The van der Waals surface area contributed by atoms with Gasteiger partial charge in [-0.2, -0.15) is 0 Å². The molecule has 2 atom stereocenters. The highest BCUT2D eigenvalue weighted by atomic mass is 15.3. The quantitative estimate of drug-likeness (QED) is 0.842. The van der Waals surface area contributed by atoms with Crippen LogP contribution in [-0.2, 0) is 0 Å². The Morgan fingerprint density at radius 2 is 2.33 bits per heavy atom. The smallest absolute Gasteiger partial charge is 0.115 e. The number of hydrogen-bond acceptors (Lipinski definition) is 5. The van der Waals surface area contributed by atoms with E-state index in [9.17, 15) is 0 Å². The van der Waals surface area contributed by atoms with Gasteiger partial charge in [-0.3, -0.25) is 4.90 Å². The van der Waals surface area contributed by atoms with Crippen LogP contribution in [0.25, 0.3) is 0 Å². The van der Waals surface area contributed by atoms with Crippen LogP contribution in [0.3, 0.4) is 0 Å². The highest BCUT2D eigenvalue weighted by Gasteiger charge is 2.28. The largest absolute Gasteiger partial charge is 0.329 e. The molecule has 1 fully saturated rings. The van der Waals surface area contributed by atoms with Gasteiger partial charge >= 0.3 is 0 Å². The molecule has 1 aliphatic heterocycles. The summed E-state index contributed by atoms with van der Waals surface area (Å²) in [5.74, 6) is 0. The third kappa shape index (κ3) is 2.85. The molecule has 1 aliphatic rings. The van der Waals surface area contributed by atoms with Crippen molar-refractivity contribution in [3.05, 3.63) is 24.3 Å². The summed E-state index contributed by atoms with van der Waals surface area (Å²) in [6, 6.07) is 2.81. The lowest BCUT2D eigenvalue weighted by Gasteiger charge is -2.42. The maximum atomic E-state index is 5.94. The molecule has 5 nitrogen and oxygen atoms in total. The van der Waals surface area contributed by atoms with Crippen LogP contribution in [0.5, 0.6) is 0 Å². The number of nitrogens with zero attached hydrogens (tertiary/aromatic N) is 4. The van der Waals surface area contributed by atoms with Crippen molar-refractivity contribution >= 4 is 0 Å². The summed E-state index contributed by atoms with van der Waals surface area (Å²) in [5.41, 5.74) is 6.98. The fourth-order valence-corrected chi connectivity index (χ4v) is 2.65. The monoisotopic (exact) mass is 249 g/mol. The van der Waals surface area contributed by atoms with Crippen molar-refractivity contribution in [1.82, 2.24) is 19.8 Å². The van der Waals surface area contributed by atoms with E-state index in [4.69, 9.17) is 5.73 Å². The molecule has 100 valence electrons. The summed E-state index contributed by atoms with van der Waals surface area (Å²) in [7, 11) is 2.20. The van der Waals surface area contributed by atoms with E-state index in [0.717, 1.165) is 25.3 Å². The van der Waals surface area contributed by atoms with Crippen LogP contribution in [0.1, 0.15) is 25.1 Å². The van der Waals surface area contributed by atoms with Gasteiger partial charge in [0.25, 0.3) is 0 Å². The van der Waals surface area contributed by atoms with E-state index in [0.29, 0.717) is 12.6 Å². The van der Waals surface area contributed by atoms with Crippen molar-refractivity contribution in [2.45, 2.75) is 25.4 Å². The minimum atomic E-state index is 0.218. The molecule has 2 heterocycles. The number of piperazine rings is 1. The summed E-state index contributed by atoms with van der Waals surface area (Å²) in [6.45, 7) is 6.07. The molecule has 18 heavy (non-hydrogen) atoms. The molecule has 0 amide bonds. The highest BCUT2D eigenvalue weighted by molar-refractivity contribution is 5.06. The van der Waals surface area contributed by atoms with Gasteiger partial charge in [-0.05, 0) is 19.5 Å². The van der Waals surface area contributed by atoms with Gasteiger partial charge in [0.2, 0.25) is 0 Å². The zero-order valence-electron chi connectivity index (χ0n) is 11.3. The molecule has 1 aromatic rings. The Morgan fingerprint density at radius 3 is 2.94 bits per heavy atom. The molecule has 5 heteroatoms. The van der Waals surface area contributed by atoms with E-state index in [1.165, 1.54) is 6.42 Å². The highest BCUT2D eigenvalue weighted by Crippen LogP contribution is 2.21. The molecule has 0 radical (unpaired) electrons. The van der Waals surface area contributed by atoms with Gasteiger partial charge in [-0.1, -0.05) is 6.92 Å². The van der Waals surface area contributed by atoms with Gasteiger partial charge in [0.1, 0.15) is 6.33 Å². The van der Waals surface area contributed by atoms with Crippen LogP contribution in [0, 0.1) is 0 Å². The zero-order valence-corrected chi connectivity index (χ0v) is 11.3. The molecule has 0 aliphatic carbocycles. The molecule has 0 aromatic carbocycles. The fraction of sp³-hybridized carbons (Fsp3) is 0.692. The summed E-state index contributed by atoms with van der Waals surface area (Å²) < 4.78 is 0. The molecule has 2 rings (SSSR count). The molecular formula is C13H23N5. The Kier molecular flexibility index (Phi) is 4.63. The maximum absolute atomic E-state index is 5.94. The number of aromatic nitrogens is 2. The Hall–Kier alpha value is -1.04. The van der Waals surface area contributed by atoms with Gasteiger partial charge < -0.3 is 10.6 Å². The first-order valence-electron chi connectivity index (χ1n) is 6.66. The Morgan fingerprint density at radius 1 is 1.50 bits per heavy atom. The first-order chi connectivity index (χ1) is 8.76. The van der Waals surface area contributed by atoms with E-state index in [-0.39, 0.29) is 6.04 Å². The van der Waals surface area contributed by atoms with E-state index >= 15 is 0 Å². The van der Waals surface area contributed by atoms with Crippen molar-refractivity contribution in [1.29, 1.82) is 0 Å². The lowest BCUT2D eigenvalue weighted by atomic mass is 10.1. The number of nitrogens with two attached hydrogens (primary N) is 1. The van der Waals surface area contributed by atoms with Gasteiger partial charge in [-0.25, -0.2) is 9.97 Å². The average molecular weight is 249 g/mol.